The maximum Gasteiger partial charge on any atom is 0.0237 e. The monoisotopic (exact) mass is 186 g/mol. The molecule has 0 fully saturated rings. The standard InChI is InChI=1S/C11H26N2/c1-7-10(4)12-8-11(9(2)3)13(5)6/h9-12H,7-8H2,1-6H3. The maximum absolute atomic E-state index is 3.55. The second-order valence-corrected chi connectivity index (χ2v) is 4.49. The summed E-state index contributed by atoms with van der Waals surface area (Å²) in [5.74, 6) is 0.714. The molecule has 0 radical (unpaired) electrons. The van der Waals surface area contributed by atoms with E-state index in [9.17, 15) is 0 Å². The lowest BCUT2D eigenvalue weighted by atomic mass is 10.0. The van der Waals surface area contributed by atoms with Gasteiger partial charge < -0.3 is 10.2 Å². The van der Waals surface area contributed by atoms with E-state index in [1.54, 1.807) is 0 Å². The van der Waals surface area contributed by atoms with Gasteiger partial charge in [-0.15, -0.1) is 0 Å². The highest BCUT2D eigenvalue weighted by molar-refractivity contribution is 4.74. The highest BCUT2D eigenvalue weighted by atomic mass is 15.1. The lowest BCUT2D eigenvalue weighted by Crippen LogP contribution is -2.43. The van der Waals surface area contributed by atoms with Crippen LogP contribution in [0.4, 0.5) is 0 Å². The van der Waals surface area contributed by atoms with Crippen molar-refractivity contribution in [3.8, 4) is 0 Å². The summed E-state index contributed by atoms with van der Waals surface area (Å²) in [7, 11) is 4.31. The van der Waals surface area contributed by atoms with E-state index in [2.05, 4.69) is 52.0 Å². The average molecular weight is 186 g/mol. The van der Waals surface area contributed by atoms with Crippen LogP contribution in [0.2, 0.25) is 0 Å². The van der Waals surface area contributed by atoms with E-state index < -0.39 is 0 Å². The summed E-state index contributed by atoms with van der Waals surface area (Å²) in [6.07, 6.45) is 1.21. The molecular weight excluding hydrogens is 160 g/mol. The maximum atomic E-state index is 3.55. The van der Waals surface area contributed by atoms with Crippen LogP contribution in [0.5, 0.6) is 0 Å². The Balaban J connectivity index is 3.83. The van der Waals surface area contributed by atoms with Crippen molar-refractivity contribution in [2.75, 3.05) is 20.6 Å². The van der Waals surface area contributed by atoms with Gasteiger partial charge in [-0.05, 0) is 33.4 Å². The molecule has 0 saturated carbocycles. The average Bonchev–Trinajstić information content (AvgIpc) is 2.03. The minimum absolute atomic E-state index is 0.640. The predicted molar refractivity (Wildman–Crippen MR) is 60.1 cm³/mol. The van der Waals surface area contributed by atoms with Crippen LogP contribution in [-0.2, 0) is 0 Å². The third-order valence-corrected chi connectivity index (χ3v) is 2.72. The summed E-state index contributed by atoms with van der Waals surface area (Å²) in [5.41, 5.74) is 0. The van der Waals surface area contributed by atoms with Gasteiger partial charge in [0.2, 0.25) is 0 Å². The first-order valence-electron chi connectivity index (χ1n) is 5.38. The molecule has 0 bridgehead atoms. The number of hydrogen-bond donors (Lipinski definition) is 1. The molecule has 2 heteroatoms. The molecule has 0 amide bonds. The van der Waals surface area contributed by atoms with Crippen molar-refractivity contribution in [1.82, 2.24) is 10.2 Å². The first-order valence-corrected chi connectivity index (χ1v) is 5.38. The van der Waals surface area contributed by atoms with Crippen molar-refractivity contribution in [1.29, 1.82) is 0 Å². The Morgan fingerprint density at radius 3 is 2.00 bits per heavy atom. The molecule has 2 unspecified atom stereocenters. The molecule has 0 saturated heterocycles. The zero-order chi connectivity index (χ0) is 10.4. The van der Waals surface area contributed by atoms with Crippen molar-refractivity contribution < 1.29 is 0 Å². The second-order valence-electron chi connectivity index (χ2n) is 4.49. The lowest BCUT2D eigenvalue weighted by Gasteiger charge is -2.29. The van der Waals surface area contributed by atoms with Crippen molar-refractivity contribution in [2.24, 2.45) is 5.92 Å². The molecule has 2 nitrogen and oxygen atoms in total. The molecule has 0 aliphatic rings. The van der Waals surface area contributed by atoms with Gasteiger partial charge in [0, 0.05) is 18.6 Å². The third kappa shape index (κ3) is 5.27. The molecule has 0 rings (SSSR count). The van der Waals surface area contributed by atoms with Crippen LogP contribution in [0.1, 0.15) is 34.1 Å². The summed E-state index contributed by atoms with van der Waals surface area (Å²) in [6, 6.07) is 1.29. The summed E-state index contributed by atoms with van der Waals surface area (Å²) in [5, 5.41) is 3.55. The molecule has 1 N–H and O–H groups in total. The second kappa shape index (κ2) is 6.39. The smallest absolute Gasteiger partial charge is 0.0237 e. The van der Waals surface area contributed by atoms with E-state index in [1.807, 2.05) is 0 Å². The quantitative estimate of drug-likeness (QED) is 0.682. The van der Waals surface area contributed by atoms with E-state index in [0.29, 0.717) is 18.0 Å². The molecule has 0 spiro atoms. The van der Waals surface area contributed by atoms with Gasteiger partial charge in [-0.25, -0.2) is 0 Å². The van der Waals surface area contributed by atoms with Crippen LogP contribution in [0.25, 0.3) is 0 Å². The van der Waals surface area contributed by atoms with E-state index in [1.165, 1.54) is 6.42 Å². The van der Waals surface area contributed by atoms with Crippen molar-refractivity contribution in [2.45, 2.75) is 46.2 Å². The third-order valence-electron chi connectivity index (χ3n) is 2.72. The number of rotatable bonds is 6. The minimum atomic E-state index is 0.640. The molecule has 0 aromatic carbocycles. The topological polar surface area (TPSA) is 15.3 Å². The highest BCUT2D eigenvalue weighted by Gasteiger charge is 2.15. The largest absolute Gasteiger partial charge is 0.313 e. The van der Waals surface area contributed by atoms with Crippen LogP contribution >= 0.6 is 0 Å². The Hall–Kier alpha value is -0.0800. The predicted octanol–water partition coefficient (Wildman–Crippen LogP) is 1.96. The van der Waals surface area contributed by atoms with Gasteiger partial charge in [0.25, 0.3) is 0 Å². The molecule has 0 aromatic heterocycles. The van der Waals surface area contributed by atoms with Crippen molar-refractivity contribution in [3.63, 3.8) is 0 Å². The summed E-state index contributed by atoms with van der Waals surface area (Å²) < 4.78 is 0. The summed E-state index contributed by atoms with van der Waals surface area (Å²) in [6.45, 7) is 10.1. The molecule has 80 valence electrons. The molecular formula is C11H26N2. The van der Waals surface area contributed by atoms with Crippen molar-refractivity contribution in [3.05, 3.63) is 0 Å². The molecule has 0 aromatic rings. The molecule has 0 aliphatic carbocycles. The van der Waals surface area contributed by atoms with Gasteiger partial charge in [-0.3, -0.25) is 0 Å². The summed E-state index contributed by atoms with van der Waals surface area (Å²) >= 11 is 0. The number of nitrogens with zero attached hydrogens (tertiary/aromatic N) is 1. The van der Waals surface area contributed by atoms with E-state index >= 15 is 0 Å². The van der Waals surface area contributed by atoms with E-state index in [4.69, 9.17) is 0 Å². The number of likely N-dealkylation sites (N-methyl/N-ethyl adjacent to an activating group) is 1. The van der Waals surface area contributed by atoms with Gasteiger partial charge in [0.1, 0.15) is 0 Å². The zero-order valence-electron chi connectivity index (χ0n) is 10.1. The lowest BCUT2D eigenvalue weighted by molar-refractivity contribution is 0.219. The zero-order valence-corrected chi connectivity index (χ0v) is 10.1. The Morgan fingerprint density at radius 1 is 1.15 bits per heavy atom. The van der Waals surface area contributed by atoms with E-state index in [0.717, 1.165) is 6.54 Å². The van der Waals surface area contributed by atoms with Gasteiger partial charge >= 0.3 is 0 Å². The molecule has 0 aliphatic heterocycles. The fourth-order valence-electron chi connectivity index (χ4n) is 1.48. The minimum Gasteiger partial charge on any atom is -0.313 e. The van der Waals surface area contributed by atoms with Gasteiger partial charge in [0.15, 0.2) is 0 Å². The highest BCUT2D eigenvalue weighted by Crippen LogP contribution is 2.06. The first kappa shape index (κ1) is 12.9. The Morgan fingerprint density at radius 2 is 1.69 bits per heavy atom. The summed E-state index contributed by atoms with van der Waals surface area (Å²) in [4.78, 5) is 2.31. The molecule has 2 atom stereocenters. The Kier molecular flexibility index (Phi) is 6.35. The SMILES string of the molecule is CCC(C)NCC(C(C)C)N(C)C. The molecule has 13 heavy (non-hydrogen) atoms. The normalized spacial score (nSPS) is 16.6. The fourth-order valence-corrected chi connectivity index (χ4v) is 1.48. The van der Waals surface area contributed by atoms with E-state index in [-0.39, 0.29) is 0 Å². The van der Waals surface area contributed by atoms with Crippen LogP contribution in [-0.4, -0.2) is 37.6 Å². The van der Waals surface area contributed by atoms with Crippen LogP contribution in [0.3, 0.4) is 0 Å². The van der Waals surface area contributed by atoms with Crippen LogP contribution in [0, 0.1) is 5.92 Å². The van der Waals surface area contributed by atoms with Crippen LogP contribution in [0.15, 0.2) is 0 Å². The molecule has 0 heterocycles. The number of hydrogen-bond acceptors (Lipinski definition) is 2. The van der Waals surface area contributed by atoms with Crippen LogP contribution < -0.4 is 5.32 Å². The fraction of sp³-hybridized carbons (Fsp3) is 1.00. The van der Waals surface area contributed by atoms with Crippen molar-refractivity contribution >= 4 is 0 Å². The van der Waals surface area contributed by atoms with Gasteiger partial charge in [0.05, 0.1) is 0 Å². The Labute approximate surface area is 83.7 Å². The first-order chi connectivity index (χ1) is 5.99. The number of nitrogens with one attached hydrogen (secondary N) is 1. The van der Waals surface area contributed by atoms with Gasteiger partial charge in [-0.1, -0.05) is 20.8 Å². The Bertz CT molecular complexity index is 113. The van der Waals surface area contributed by atoms with Gasteiger partial charge in [-0.2, -0.15) is 0 Å².